The van der Waals surface area contributed by atoms with E-state index in [2.05, 4.69) is 5.32 Å². The van der Waals surface area contributed by atoms with Gasteiger partial charge >= 0.3 is 18.0 Å². The van der Waals surface area contributed by atoms with Crippen LogP contribution in [0.5, 0.6) is 0 Å². The maximum atomic E-state index is 12.6. The zero-order valence-electron chi connectivity index (χ0n) is 17.1. The first-order valence-corrected chi connectivity index (χ1v) is 9.07. The number of carboxylic acid groups (broad SMARTS) is 1. The summed E-state index contributed by atoms with van der Waals surface area (Å²) in [5, 5.41) is 31.1. The van der Waals surface area contributed by atoms with Crippen LogP contribution in [0.3, 0.4) is 0 Å². The molecule has 0 fully saturated rings. The third-order valence-corrected chi connectivity index (χ3v) is 3.62. The zero-order chi connectivity index (χ0) is 22.4. The number of carbonyl (C=O) groups is 3. The van der Waals surface area contributed by atoms with Crippen LogP contribution in [0.4, 0.5) is 10.5 Å². The summed E-state index contributed by atoms with van der Waals surface area (Å²) in [6, 6.07) is 4.31. The first kappa shape index (κ1) is 24.3. The molecule has 0 aliphatic rings. The van der Waals surface area contributed by atoms with Crippen molar-refractivity contribution in [3.05, 3.63) is 35.0 Å². The van der Waals surface area contributed by atoms with Gasteiger partial charge in [-0.1, -0.05) is 26.0 Å². The molecular formula is C19H28N2O8. The van der Waals surface area contributed by atoms with Crippen LogP contribution in [-0.4, -0.2) is 40.0 Å². The molecule has 0 spiro atoms. The van der Waals surface area contributed by atoms with E-state index in [1.54, 1.807) is 34.6 Å². The molecule has 0 aromatic heterocycles. The minimum atomic E-state index is -1.69. The van der Waals surface area contributed by atoms with Crippen molar-refractivity contribution in [1.82, 2.24) is 5.32 Å². The van der Waals surface area contributed by atoms with Gasteiger partial charge in [-0.15, -0.1) is 0 Å². The fourth-order valence-corrected chi connectivity index (χ4v) is 2.49. The molecule has 1 aromatic rings. The van der Waals surface area contributed by atoms with Crippen LogP contribution in [0, 0.1) is 11.1 Å². The lowest BCUT2D eigenvalue weighted by Crippen LogP contribution is -2.99. The number of benzene rings is 1. The number of esters is 1. The van der Waals surface area contributed by atoms with Crippen LogP contribution in [0.25, 0.3) is 0 Å². The van der Waals surface area contributed by atoms with E-state index in [0.717, 1.165) is 0 Å². The summed E-state index contributed by atoms with van der Waals surface area (Å²) in [5.41, 5.74) is -1.25. The third-order valence-electron chi connectivity index (χ3n) is 3.62. The molecule has 0 aliphatic heterocycles. The van der Waals surface area contributed by atoms with E-state index < -0.39 is 41.0 Å². The van der Waals surface area contributed by atoms with Crippen molar-refractivity contribution in [1.29, 1.82) is 0 Å². The number of amides is 1. The lowest BCUT2D eigenvalue weighted by molar-refractivity contribution is -0.991. The molecule has 3 atom stereocenters. The summed E-state index contributed by atoms with van der Waals surface area (Å²) in [5.74, 6) is -2.25. The maximum Gasteiger partial charge on any atom is 0.409 e. The van der Waals surface area contributed by atoms with Crippen LogP contribution in [0.2, 0.25) is 0 Å². The van der Waals surface area contributed by atoms with Gasteiger partial charge in [-0.3, -0.25) is 0 Å². The Balaban J connectivity index is 3.17. The fraction of sp³-hybridized carbons (Fsp3) is 0.526. The number of nitrogens with one attached hydrogen (secondary N) is 2. The predicted molar refractivity (Wildman–Crippen MR) is 101 cm³/mol. The van der Waals surface area contributed by atoms with Gasteiger partial charge in [0.2, 0.25) is 6.10 Å². The Labute approximate surface area is 168 Å². The van der Waals surface area contributed by atoms with Crippen molar-refractivity contribution >= 4 is 23.7 Å². The number of quaternary nitrogens is 1. The molecule has 162 valence electrons. The van der Waals surface area contributed by atoms with E-state index in [-0.39, 0.29) is 23.6 Å². The van der Waals surface area contributed by atoms with Crippen molar-refractivity contribution in [3.63, 3.8) is 0 Å². The molecule has 0 aliphatic carbocycles. The summed E-state index contributed by atoms with van der Waals surface area (Å²) in [6.45, 7) is 8.39. The molecule has 0 heterocycles. The lowest BCUT2D eigenvalue weighted by Gasteiger charge is -2.26. The van der Waals surface area contributed by atoms with Gasteiger partial charge in [0.15, 0.2) is 5.69 Å². The molecule has 1 aromatic carbocycles. The Morgan fingerprint density at radius 1 is 1.21 bits per heavy atom. The second-order valence-corrected chi connectivity index (χ2v) is 7.88. The minimum absolute atomic E-state index is 0.0224. The molecule has 0 radical (unpaired) electrons. The molecule has 10 heteroatoms. The Morgan fingerprint density at radius 2 is 1.79 bits per heavy atom. The van der Waals surface area contributed by atoms with Crippen LogP contribution in [0.1, 0.15) is 52.7 Å². The number of aliphatic carboxylic acids is 1. The number of alkyl carbamates (subject to hydrolysis) is 1. The Hall–Kier alpha value is -2.69. The van der Waals surface area contributed by atoms with E-state index in [9.17, 15) is 29.9 Å². The lowest BCUT2D eigenvalue weighted by atomic mass is 10.0. The molecule has 10 nitrogen and oxygen atoms in total. The molecule has 1 amide bonds. The molecule has 1 rings (SSSR count). The van der Waals surface area contributed by atoms with E-state index in [0.29, 0.717) is 0 Å². The Morgan fingerprint density at radius 3 is 2.28 bits per heavy atom. The number of ether oxygens (including phenoxy) is 2. The molecule has 29 heavy (non-hydrogen) atoms. The maximum absolute atomic E-state index is 12.6. The summed E-state index contributed by atoms with van der Waals surface area (Å²) in [7, 11) is 0. The SMILES string of the molecule is CC(C)C[C@@H](NC(=O)OC(C(=O)OC(C)(C)C)c1ccccc1[NH+]([O-])O)C(=O)O. The van der Waals surface area contributed by atoms with Gasteiger partial charge < -0.3 is 25.1 Å². The molecule has 0 saturated heterocycles. The number of hydrogen-bond donors (Lipinski definition) is 4. The largest absolute Gasteiger partial charge is 0.595 e. The molecule has 4 N–H and O–H groups in total. The van der Waals surface area contributed by atoms with Crippen molar-refractivity contribution in [3.8, 4) is 0 Å². The summed E-state index contributed by atoms with van der Waals surface area (Å²) < 4.78 is 10.4. The smallest absolute Gasteiger partial charge is 0.409 e. The number of hydrogen-bond acceptors (Lipinski definition) is 7. The predicted octanol–water partition coefficient (Wildman–Crippen LogP) is 1.70. The van der Waals surface area contributed by atoms with Crippen LogP contribution >= 0.6 is 0 Å². The average molecular weight is 412 g/mol. The molecule has 0 bridgehead atoms. The van der Waals surface area contributed by atoms with Crippen molar-refractivity contribution in [2.24, 2.45) is 5.92 Å². The van der Waals surface area contributed by atoms with Crippen molar-refractivity contribution in [2.75, 3.05) is 0 Å². The number of para-hydroxylation sites is 1. The van der Waals surface area contributed by atoms with Crippen LogP contribution < -0.4 is 10.5 Å². The van der Waals surface area contributed by atoms with E-state index in [1.165, 1.54) is 24.3 Å². The van der Waals surface area contributed by atoms with E-state index >= 15 is 0 Å². The van der Waals surface area contributed by atoms with Gasteiger partial charge in [0, 0.05) is 6.07 Å². The van der Waals surface area contributed by atoms with Gasteiger partial charge in [0.05, 0.1) is 5.56 Å². The van der Waals surface area contributed by atoms with Crippen LogP contribution in [0.15, 0.2) is 24.3 Å². The van der Waals surface area contributed by atoms with Gasteiger partial charge in [-0.05, 0) is 39.2 Å². The molecular weight excluding hydrogens is 384 g/mol. The second kappa shape index (κ2) is 10.2. The monoisotopic (exact) mass is 412 g/mol. The first-order valence-electron chi connectivity index (χ1n) is 9.07. The fourth-order valence-electron chi connectivity index (χ4n) is 2.49. The van der Waals surface area contributed by atoms with E-state index in [1.807, 2.05) is 0 Å². The molecule has 0 saturated carbocycles. The third kappa shape index (κ3) is 8.06. The Kier molecular flexibility index (Phi) is 8.56. The van der Waals surface area contributed by atoms with E-state index in [4.69, 9.17) is 9.47 Å². The zero-order valence-corrected chi connectivity index (χ0v) is 17.1. The summed E-state index contributed by atoms with van der Waals surface area (Å²) in [6.07, 6.45) is -2.71. The van der Waals surface area contributed by atoms with Crippen molar-refractivity contribution < 1.29 is 39.4 Å². The highest BCUT2D eigenvalue weighted by Gasteiger charge is 2.34. The number of carboxylic acids is 1. The molecule has 2 unspecified atom stereocenters. The standard InChI is InChI=1S/C19H28N2O8/c1-11(2)10-13(16(22)23)20-18(25)28-15(17(24)29-19(3,4)5)12-8-6-7-9-14(12)21(26)27/h6-9,11,13,15,21,26H,10H2,1-5H3,(H,20,25)(H,22,23)/t13-,15?/m1/s1. The van der Waals surface area contributed by atoms with Crippen molar-refractivity contribution in [2.45, 2.75) is 58.8 Å². The minimum Gasteiger partial charge on any atom is -0.595 e. The van der Waals surface area contributed by atoms with Gasteiger partial charge in [0.1, 0.15) is 11.6 Å². The summed E-state index contributed by atoms with van der Waals surface area (Å²) in [4.78, 5) is 36.3. The number of carbonyl (C=O) groups excluding carboxylic acids is 2. The summed E-state index contributed by atoms with van der Waals surface area (Å²) >= 11 is 0. The highest BCUT2D eigenvalue weighted by molar-refractivity contribution is 5.84. The van der Waals surface area contributed by atoms with Crippen LogP contribution in [-0.2, 0) is 19.1 Å². The number of rotatable bonds is 8. The first-order chi connectivity index (χ1) is 13.3. The van der Waals surface area contributed by atoms with Gasteiger partial charge in [-0.2, -0.15) is 5.23 Å². The normalized spacial score (nSPS) is 14.6. The van der Waals surface area contributed by atoms with Gasteiger partial charge in [0.25, 0.3) is 0 Å². The highest BCUT2D eigenvalue weighted by atomic mass is 16.8. The highest BCUT2D eigenvalue weighted by Crippen LogP contribution is 2.27. The topological polar surface area (TPSA) is 150 Å². The average Bonchev–Trinajstić information content (AvgIpc) is 2.57. The Bertz CT molecular complexity index is 727. The second-order valence-electron chi connectivity index (χ2n) is 7.88. The van der Waals surface area contributed by atoms with Gasteiger partial charge in [-0.25, -0.2) is 19.6 Å². The quantitative estimate of drug-likeness (QED) is 0.372.